The van der Waals surface area contributed by atoms with E-state index in [1.165, 1.54) is 5.57 Å². The van der Waals surface area contributed by atoms with Crippen molar-refractivity contribution in [2.75, 3.05) is 34.9 Å². The van der Waals surface area contributed by atoms with Gasteiger partial charge in [-0.25, -0.2) is 0 Å². The number of allylic oxidation sites excluding steroid dienone is 3. The number of nitrogens with one attached hydrogen (secondary N) is 3. The third kappa shape index (κ3) is 12.2. The molecule has 1 aliphatic carbocycles. The Morgan fingerprint density at radius 3 is 2.23 bits per heavy atom. The number of nitrogens with zero attached hydrogens (tertiary/aromatic N) is 2. The minimum absolute atomic E-state index is 0.0311. The Hall–Kier alpha value is -2.64. The Morgan fingerprint density at radius 1 is 1.08 bits per heavy atom. The SMILES string of the molecule is C=C(CC)C(C(CC(=O)N1CCC[C@H]1C(OC)C(C)C(=S)N[C@@H](CC1=CC=CCC1)C(C)O)OC)N(C)C(=O)[C@@H](NC(=O)[C@@H](NC)C(C)C)C(C)C. The Morgan fingerprint density at radius 2 is 1.73 bits per heavy atom. The molecule has 1 fully saturated rings. The molecule has 0 aromatic carbocycles. The van der Waals surface area contributed by atoms with E-state index in [0.717, 1.165) is 31.3 Å². The van der Waals surface area contributed by atoms with Gasteiger partial charge >= 0.3 is 0 Å². The van der Waals surface area contributed by atoms with Crippen LogP contribution in [0.3, 0.4) is 0 Å². The largest absolute Gasteiger partial charge is 0.391 e. The topological polar surface area (TPSA) is 132 Å². The molecule has 4 N–H and O–H groups in total. The normalized spacial score (nSPS) is 20.7. The summed E-state index contributed by atoms with van der Waals surface area (Å²) in [7, 11) is 6.64. The van der Waals surface area contributed by atoms with E-state index < -0.39 is 30.3 Å². The molecule has 1 saturated heterocycles. The van der Waals surface area contributed by atoms with Gasteiger partial charge in [0.1, 0.15) is 6.04 Å². The Labute approximate surface area is 319 Å². The van der Waals surface area contributed by atoms with Crippen LogP contribution in [0.5, 0.6) is 0 Å². The molecule has 5 unspecified atom stereocenters. The van der Waals surface area contributed by atoms with Crippen LogP contribution in [0.1, 0.15) is 93.4 Å². The number of methoxy groups -OCH3 is 2. The number of aliphatic hydroxyl groups is 1. The lowest BCUT2D eigenvalue weighted by Gasteiger charge is -2.39. The number of rotatable bonds is 21. The van der Waals surface area contributed by atoms with E-state index in [1.54, 1.807) is 40.1 Å². The molecule has 12 heteroatoms. The summed E-state index contributed by atoms with van der Waals surface area (Å²) in [4.78, 5) is 45.6. The minimum atomic E-state index is -0.776. The summed E-state index contributed by atoms with van der Waals surface area (Å²) in [6.45, 7) is 18.3. The quantitative estimate of drug-likeness (QED) is 0.0988. The van der Waals surface area contributed by atoms with Gasteiger partial charge in [-0.1, -0.05) is 89.7 Å². The molecule has 0 aromatic rings. The zero-order valence-corrected chi connectivity index (χ0v) is 34.6. The van der Waals surface area contributed by atoms with Crippen LogP contribution in [-0.4, -0.2) is 121 Å². The maximum absolute atomic E-state index is 14.2. The minimum Gasteiger partial charge on any atom is -0.391 e. The van der Waals surface area contributed by atoms with Crippen molar-refractivity contribution in [3.05, 3.63) is 36.0 Å². The van der Waals surface area contributed by atoms with Crippen LogP contribution in [0.15, 0.2) is 36.0 Å². The molecule has 0 aromatic heterocycles. The van der Waals surface area contributed by atoms with Gasteiger partial charge in [-0.15, -0.1) is 0 Å². The number of carbonyl (C=O) groups excluding carboxylic acids is 3. The third-order valence-electron chi connectivity index (χ3n) is 10.8. The molecule has 2 aliphatic rings. The summed E-state index contributed by atoms with van der Waals surface area (Å²) in [6, 6.07) is -2.27. The number of amides is 3. The molecule has 2 rings (SSSR count). The van der Waals surface area contributed by atoms with Gasteiger partial charge in [0.05, 0.1) is 53.9 Å². The second-order valence-corrected chi connectivity index (χ2v) is 15.7. The molecule has 0 bridgehead atoms. The van der Waals surface area contributed by atoms with Crippen LogP contribution in [0, 0.1) is 17.8 Å². The van der Waals surface area contributed by atoms with Crippen molar-refractivity contribution in [2.24, 2.45) is 17.8 Å². The van der Waals surface area contributed by atoms with Crippen LogP contribution in [-0.2, 0) is 23.9 Å². The lowest BCUT2D eigenvalue weighted by Crippen LogP contribution is -2.59. The zero-order valence-electron chi connectivity index (χ0n) is 33.7. The van der Waals surface area contributed by atoms with Crippen LogP contribution in [0.4, 0.5) is 0 Å². The fourth-order valence-corrected chi connectivity index (χ4v) is 7.82. The van der Waals surface area contributed by atoms with Crippen molar-refractivity contribution in [2.45, 2.75) is 142 Å². The number of aliphatic hydroxyl groups excluding tert-OH is 1. The smallest absolute Gasteiger partial charge is 0.245 e. The second kappa shape index (κ2) is 21.9. The fourth-order valence-electron chi connectivity index (χ4n) is 7.54. The summed E-state index contributed by atoms with van der Waals surface area (Å²) in [5.41, 5.74) is 2.03. The number of hydrogen-bond donors (Lipinski definition) is 4. The number of likely N-dealkylation sites (N-methyl/N-ethyl adjacent to an activating group) is 2. The first-order chi connectivity index (χ1) is 24.5. The van der Waals surface area contributed by atoms with Gasteiger partial charge in [-0.05, 0) is 64.3 Å². The number of likely N-dealkylation sites (tertiary alicyclic amines) is 1. The third-order valence-corrected chi connectivity index (χ3v) is 11.3. The standard InChI is InChI=1S/C40H69N5O6S/c1-13-26(6)36(44(10)40(49)35(25(4)5)43-38(48)34(41-9)24(2)3)32(50-11)23-33(47)45-21-17-20-31(45)37(51-12)27(7)39(52)42-30(28(8)46)22-29-18-15-14-16-19-29/h14-15,18,24-25,27-28,30-32,34-37,41,46H,6,13,16-17,19-23H2,1-5,7-12H3,(H,42,52)(H,43,48)/t27?,28?,30-,31-,32?,34-,35-,36?,37?/m0/s1. The van der Waals surface area contributed by atoms with E-state index >= 15 is 0 Å². The zero-order chi connectivity index (χ0) is 39.3. The summed E-state index contributed by atoms with van der Waals surface area (Å²) in [5.74, 6) is -0.976. The summed E-state index contributed by atoms with van der Waals surface area (Å²) < 4.78 is 12.1. The average molecular weight is 748 g/mol. The number of ether oxygens (including phenoxy) is 2. The van der Waals surface area contributed by atoms with Crippen LogP contribution < -0.4 is 16.0 Å². The van der Waals surface area contributed by atoms with E-state index in [1.807, 2.05) is 46.4 Å². The van der Waals surface area contributed by atoms with E-state index in [-0.39, 0.29) is 60.1 Å². The highest BCUT2D eigenvalue weighted by Gasteiger charge is 2.42. The molecule has 0 spiro atoms. The van der Waals surface area contributed by atoms with Gasteiger partial charge in [0.25, 0.3) is 0 Å². The molecule has 1 aliphatic heterocycles. The van der Waals surface area contributed by atoms with Crippen molar-refractivity contribution in [3.63, 3.8) is 0 Å². The van der Waals surface area contributed by atoms with Crippen molar-refractivity contribution >= 4 is 34.9 Å². The van der Waals surface area contributed by atoms with Gasteiger partial charge in [0.15, 0.2) is 0 Å². The lowest BCUT2D eigenvalue weighted by molar-refractivity contribution is -0.144. The maximum atomic E-state index is 14.2. The van der Waals surface area contributed by atoms with E-state index in [0.29, 0.717) is 24.4 Å². The highest BCUT2D eigenvalue weighted by atomic mass is 32.1. The molecular formula is C40H69N5O6S. The van der Waals surface area contributed by atoms with E-state index in [4.69, 9.17) is 21.7 Å². The molecule has 3 amide bonds. The van der Waals surface area contributed by atoms with Crippen molar-refractivity contribution < 1.29 is 29.0 Å². The van der Waals surface area contributed by atoms with Crippen molar-refractivity contribution in [3.8, 4) is 0 Å². The van der Waals surface area contributed by atoms with E-state index in [9.17, 15) is 19.5 Å². The highest BCUT2D eigenvalue weighted by molar-refractivity contribution is 7.80. The van der Waals surface area contributed by atoms with E-state index in [2.05, 4.69) is 40.8 Å². The Kier molecular flexibility index (Phi) is 19.2. The van der Waals surface area contributed by atoms with Crippen LogP contribution >= 0.6 is 12.2 Å². The number of thiocarbonyl (C=S) groups is 1. The first kappa shape index (κ1) is 45.5. The summed E-state index contributed by atoms with van der Waals surface area (Å²) in [5, 5.41) is 20.1. The second-order valence-electron chi connectivity index (χ2n) is 15.3. The van der Waals surface area contributed by atoms with Gasteiger partial charge in [0.2, 0.25) is 17.7 Å². The Balaban J connectivity index is 2.25. The maximum Gasteiger partial charge on any atom is 0.245 e. The number of hydrogen-bond acceptors (Lipinski definition) is 8. The first-order valence-electron chi connectivity index (χ1n) is 19.1. The summed E-state index contributed by atoms with van der Waals surface area (Å²) in [6.07, 6.45) is 9.51. The van der Waals surface area contributed by atoms with Crippen LogP contribution in [0.2, 0.25) is 0 Å². The molecular weight excluding hydrogens is 679 g/mol. The molecule has 0 radical (unpaired) electrons. The average Bonchev–Trinajstić information content (AvgIpc) is 3.59. The van der Waals surface area contributed by atoms with Gasteiger partial charge in [0, 0.05) is 33.7 Å². The predicted octanol–water partition coefficient (Wildman–Crippen LogP) is 4.54. The monoisotopic (exact) mass is 747 g/mol. The Bertz CT molecular complexity index is 1270. The molecule has 1 heterocycles. The van der Waals surface area contributed by atoms with Crippen molar-refractivity contribution in [1.82, 2.24) is 25.8 Å². The molecule has 296 valence electrons. The summed E-state index contributed by atoms with van der Waals surface area (Å²) >= 11 is 5.90. The highest BCUT2D eigenvalue weighted by Crippen LogP contribution is 2.30. The van der Waals surface area contributed by atoms with Gasteiger partial charge < -0.3 is 40.3 Å². The molecule has 0 saturated carbocycles. The lowest BCUT2D eigenvalue weighted by atomic mass is 9.92. The molecule has 52 heavy (non-hydrogen) atoms. The van der Waals surface area contributed by atoms with Crippen molar-refractivity contribution in [1.29, 1.82) is 0 Å². The van der Waals surface area contributed by atoms with Crippen LogP contribution in [0.25, 0.3) is 0 Å². The molecule has 9 atom stereocenters. The predicted molar refractivity (Wildman–Crippen MR) is 213 cm³/mol. The molecule has 11 nitrogen and oxygen atoms in total. The van der Waals surface area contributed by atoms with Gasteiger partial charge in [-0.2, -0.15) is 0 Å². The van der Waals surface area contributed by atoms with Gasteiger partial charge in [-0.3, -0.25) is 14.4 Å². The number of carbonyl (C=O) groups is 3. The fraction of sp³-hybridized carbons (Fsp3) is 0.750. The first-order valence-corrected chi connectivity index (χ1v) is 19.5.